The molecule has 1 atom stereocenters. The second-order valence-corrected chi connectivity index (χ2v) is 8.04. The van der Waals surface area contributed by atoms with Gasteiger partial charge in [0, 0.05) is 24.1 Å². The van der Waals surface area contributed by atoms with Gasteiger partial charge in [-0.1, -0.05) is 0 Å². The number of likely N-dealkylation sites (N-methyl/N-ethyl adjacent to an activating group) is 1. The third-order valence-electron chi connectivity index (χ3n) is 2.88. The zero-order chi connectivity index (χ0) is 14.8. The van der Waals surface area contributed by atoms with Crippen molar-refractivity contribution in [3.8, 4) is 0 Å². The van der Waals surface area contributed by atoms with Gasteiger partial charge in [0.25, 0.3) is 0 Å². The Morgan fingerprint density at radius 1 is 1.47 bits per heavy atom. The molecule has 5 nitrogen and oxygen atoms in total. The third-order valence-corrected chi connectivity index (χ3v) is 4.25. The number of alkyl carbamates (subject to hydrolysis) is 1. The molecule has 1 aliphatic rings. The average Bonchev–Trinajstić information content (AvgIpc) is 2.28. The van der Waals surface area contributed by atoms with Crippen LogP contribution in [-0.2, 0) is 9.53 Å². The first-order chi connectivity index (χ1) is 8.53. The SMILES string of the molecule is CN1CCSC(C)(C)C(NC(=O)OC(C)(C)C)C1=O. The third kappa shape index (κ3) is 4.60. The molecule has 0 aromatic carbocycles. The number of thioether (sulfide) groups is 1. The smallest absolute Gasteiger partial charge is 0.408 e. The molecule has 2 amide bonds. The van der Waals surface area contributed by atoms with Gasteiger partial charge < -0.3 is 15.0 Å². The number of hydrogen-bond acceptors (Lipinski definition) is 4. The standard InChI is InChI=1S/C13H24N2O3S/c1-12(2,3)18-11(17)14-9-10(16)15(6)7-8-19-13(9,4)5/h9H,7-8H2,1-6H3,(H,14,17). The van der Waals surface area contributed by atoms with Gasteiger partial charge in [-0.3, -0.25) is 4.79 Å². The summed E-state index contributed by atoms with van der Waals surface area (Å²) in [6, 6.07) is -0.570. The van der Waals surface area contributed by atoms with Crippen molar-refractivity contribution >= 4 is 23.8 Å². The van der Waals surface area contributed by atoms with Crippen LogP contribution in [0.2, 0.25) is 0 Å². The van der Waals surface area contributed by atoms with Crippen molar-refractivity contribution in [3.63, 3.8) is 0 Å². The van der Waals surface area contributed by atoms with E-state index in [1.54, 1.807) is 44.5 Å². The zero-order valence-electron chi connectivity index (χ0n) is 12.6. The molecule has 0 saturated carbocycles. The maximum absolute atomic E-state index is 12.3. The Morgan fingerprint density at radius 2 is 2.05 bits per heavy atom. The fourth-order valence-corrected chi connectivity index (χ4v) is 3.04. The first-order valence-corrected chi connectivity index (χ1v) is 7.40. The summed E-state index contributed by atoms with van der Waals surface area (Å²) in [6.07, 6.45) is -0.546. The van der Waals surface area contributed by atoms with E-state index >= 15 is 0 Å². The lowest BCUT2D eigenvalue weighted by molar-refractivity contribution is -0.132. The van der Waals surface area contributed by atoms with E-state index < -0.39 is 17.7 Å². The Bertz CT molecular complexity index is 363. The van der Waals surface area contributed by atoms with Crippen LogP contribution in [0.5, 0.6) is 0 Å². The van der Waals surface area contributed by atoms with Crippen molar-refractivity contribution in [2.45, 2.75) is 51.0 Å². The molecule has 0 aliphatic carbocycles. The molecule has 110 valence electrons. The monoisotopic (exact) mass is 288 g/mol. The van der Waals surface area contributed by atoms with Gasteiger partial charge in [0.2, 0.25) is 5.91 Å². The maximum Gasteiger partial charge on any atom is 0.408 e. The van der Waals surface area contributed by atoms with Crippen molar-refractivity contribution in [2.75, 3.05) is 19.3 Å². The molecule has 1 rings (SSSR count). The Morgan fingerprint density at radius 3 is 2.58 bits per heavy atom. The van der Waals surface area contributed by atoms with E-state index in [-0.39, 0.29) is 10.7 Å². The molecule has 1 heterocycles. The van der Waals surface area contributed by atoms with Crippen LogP contribution in [0.1, 0.15) is 34.6 Å². The van der Waals surface area contributed by atoms with Crippen LogP contribution in [0.25, 0.3) is 0 Å². The van der Waals surface area contributed by atoms with Gasteiger partial charge in [-0.15, -0.1) is 0 Å². The lowest BCUT2D eigenvalue weighted by Crippen LogP contribution is -2.56. The van der Waals surface area contributed by atoms with Crippen molar-refractivity contribution in [1.82, 2.24) is 10.2 Å². The average molecular weight is 288 g/mol. The highest BCUT2D eigenvalue weighted by atomic mass is 32.2. The summed E-state index contributed by atoms with van der Waals surface area (Å²) in [5.74, 6) is 0.794. The van der Waals surface area contributed by atoms with Crippen molar-refractivity contribution in [1.29, 1.82) is 0 Å². The predicted octanol–water partition coefficient (Wildman–Crippen LogP) is 1.86. The maximum atomic E-state index is 12.3. The second-order valence-electron chi connectivity index (χ2n) is 6.29. The van der Waals surface area contributed by atoms with Crippen LogP contribution in [0.4, 0.5) is 4.79 Å². The summed E-state index contributed by atoms with van der Waals surface area (Å²) in [5.41, 5.74) is -0.568. The lowest BCUT2D eigenvalue weighted by atomic mass is 10.0. The predicted molar refractivity (Wildman–Crippen MR) is 77.3 cm³/mol. The summed E-state index contributed by atoms with van der Waals surface area (Å²) in [6.45, 7) is 10.0. The van der Waals surface area contributed by atoms with E-state index in [0.29, 0.717) is 6.54 Å². The minimum atomic E-state index is -0.570. The fraction of sp³-hybridized carbons (Fsp3) is 0.846. The van der Waals surface area contributed by atoms with Crippen LogP contribution in [-0.4, -0.2) is 52.6 Å². The zero-order valence-corrected chi connectivity index (χ0v) is 13.4. The minimum absolute atomic E-state index is 0.0686. The first kappa shape index (κ1) is 16.1. The molecule has 1 aliphatic heterocycles. The molecule has 1 saturated heterocycles. The highest BCUT2D eigenvalue weighted by Gasteiger charge is 2.41. The molecular weight excluding hydrogens is 264 g/mol. The number of nitrogens with one attached hydrogen (secondary N) is 1. The van der Waals surface area contributed by atoms with Crippen molar-refractivity contribution in [2.24, 2.45) is 0 Å². The summed E-state index contributed by atoms with van der Waals surface area (Å²) >= 11 is 1.68. The Labute approximate surface area is 119 Å². The molecule has 0 spiro atoms. The first-order valence-electron chi connectivity index (χ1n) is 6.41. The Hall–Kier alpha value is -0.910. The number of ether oxygens (including phenoxy) is 1. The van der Waals surface area contributed by atoms with Crippen LogP contribution in [0.15, 0.2) is 0 Å². The van der Waals surface area contributed by atoms with Gasteiger partial charge in [0.15, 0.2) is 0 Å². The molecular formula is C13H24N2O3S. The number of nitrogens with zero attached hydrogens (tertiary/aromatic N) is 1. The van der Waals surface area contributed by atoms with E-state index in [1.165, 1.54) is 0 Å². The van der Waals surface area contributed by atoms with E-state index in [2.05, 4.69) is 5.32 Å². The number of carbonyl (C=O) groups excluding carboxylic acids is 2. The van der Waals surface area contributed by atoms with E-state index in [1.807, 2.05) is 13.8 Å². The molecule has 1 unspecified atom stereocenters. The Kier molecular flexibility index (Phi) is 4.76. The molecule has 0 aromatic heterocycles. The number of hydrogen-bond donors (Lipinski definition) is 1. The van der Waals surface area contributed by atoms with E-state index in [0.717, 1.165) is 5.75 Å². The van der Waals surface area contributed by atoms with E-state index in [4.69, 9.17) is 4.74 Å². The Balaban J connectivity index is 2.81. The fourth-order valence-electron chi connectivity index (χ4n) is 1.82. The molecule has 0 bridgehead atoms. The number of amides is 2. The van der Waals surface area contributed by atoms with Gasteiger partial charge in [0.1, 0.15) is 11.6 Å². The molecule has 0 aromatic rings. The molecule has 1 fully saturated rings. The molecule has 0 radical (unpaired) electrons. The summed E-state index contributed by atoms with van der Waals surface area (Å²) in [5, 5.41) is 2.71. The van der Waals surface area contributed by atoms with Gasteiger partial charge >= 0.3 is 6.09 Å². The van der Waals surface area contributed by atoms with Gasteiger partial charge in [0.05, 0.1) is 0 Å². The van der Waals surface area contributed by atoms with Crippen molar-refractivity contribution < 1.29 is 14.3 Å². The van der Waals surface area contributed by atoms with Crippen LogP contribution >= 0.6 is 11.8 Å². The minimum Gasteiger partial charge on any atom is -0.444 e. The van der Waals surface area contributed by atoms with E-state index in [9.17, 15) is 9.59 Å². The second kappa shape index (κ2) is 5.61. The highest BCUT2D eigenvalue weighted by molar-refractivity contribution is 8.00. The lowest BCUT2D eigenvalue weighted by Gasteiger charge is -2.32. The van der Waals surface area contributed by atoms with Crippen LogP contribution in [0.3, 0.4) is 0 Å². The number of rotatable bonds is 1. The molecule has 6 heteroatoms. The normalized spacial score (nSPS) is 23.8. The summed E-state index contributed by atoms with van der Waals surface area (Å²) in [7, 11) is 1.76. The summed E-state index contributed by atoms with van der Waals surface area (Å²) < 4.78 is 4.88. The van der Waals surface area contributed by atoms with Gasteiger partial charge in [-0.25, -0.2) is 4.79 Å². The molecule has 1 N–H and O–H groups in total. The molecule has 19 heavy (non-hydrogen) atoms. The van der Waals surface area contributed by atoms with Crippen LogP contribution in [0, 0.1) is 0 Å². The topological polar surface area (TPSA) is 58.6 Å². The quantitative estimate of drug-likeness (QED) is 0.800. The highest BCUT2D eigenvalue weighted by Crippen LogP contribution is 2.31. The van der Waals surface area contributed by atoms with Crippen molar-refractivity contribution in [3.05, 3.63) is 0 Å². The van der Waals surface area contributed by atoms with Gasteiger partial charge in [-0.2, -0.15) is 11.8 Å². The largest absolute Gasteiger partial charge is 0.444 e. The van der Waals surface area contributed by atoms with Crippen LogP contribution < -0.4 is 5.32 Å². The van der Waals surface area contributed by atoms with Gasteiger partial charge in [-0.05, 0) is 34.6 Å². The number of carbonyl (C=O) groups is 2. The summed E-state index contributed by atoms with van der Waals surface area (Å²) in [4.78, 5) is 25.8.